The Bertz CT molecular complexity index is 2540. The van der Waals surface area contributed by atoms with E-state index >= 15 is 0 Å². The van der Waals surface area contributed by atoms with Gasteiger partial charge < -0.3 is 4.42 Å². The van der Waals surface area contributed by atoms with Crippen LogP contribution in [-0.4, -0.2) is 133 Å². The number of aromatic nitrogens is 3. The molecule has 2 heterocycles. The number of benzene rings is 5. The van der Waals surface area contributed by atoms with Gasteiger partial charge in [0.15, 0.2) is 17.5 Å². The topological polar surface area (TPSA) is 51.8 Å². The average Bonchev–Trinajstić information content (AvgIpc) is 3.53. The molecule has 19 heteroatoms. The van der Waals surface area contributed by atoms with E-state index in [9.17, 15) is 0 Å². The lowest BCUT2D eigenvalue weighted by molar-refractivity contribution is 0.670. The maximum Gasteiger partial charge on any atom is 0.164 e. The third-order valence-corrected chi connectivity index (χ3v) is 13.1. The minimum atomic E-state index is 0.650. The lowest BCUT2D eigenvalue weighted by Crippen LogP contribution is -2.55. The highest BCUT2D eigenvalue weighted by Crippen LogP contribution is 2.39. The number of furan rings is 1. The minimum absolute atomic E-state index is 0.650. The SMILES string of the molecule is Bc1c(B)c(B)c(-c2nc(-c3c(B)c(B)c(B)c(B)c3B)nc(-c3cccc4oc5c(-c6c(B)c(B)c(B)c(B)c6B)cccc5c34)n2)c(B)c1B. The fourth-order valence-corrected chi connectivity index (χ4v) is 8.53. The standard InChI is InChI=1S/C33H36B15N3O/c34-15-12(16(35)22(41)27(46)21(15)40)8-4-1-3-7-11-9(5-2-6-10(11)52-30(7)8)31-49-32(13-17(36)23(42)28(47)24(43)18(13)37)51-33(50-31)14-19(38)25(44)29(48)26(45)20(14)39/h1-6H,34-48H2. The van der Waals surface area contributed by atoms with Gasteiger partial charge in [0, 0.05) is 33.0 Å². The highest BCUT2D eigenvalue weighted by Gasteiger charge is 2.24. The van der Waals surface area contributed by atoms with Crippen molar-refractivity contribution in [1.82, 2.24) is 15.0 Å². The molecule has 5 aromatic carbocycles. The summed E-state index contributed by atoms with van der Waals surface area (Å²) >= 11 is 0. The molecule has 0 unspecified atom stereocenters. The second-order valence-electron chi connectivity index (χ2n) is 15.3. The molecule has 0 N–H and O–H groups in total. The minimum Gasteiger partial charge on any atom is -0.455 e. The zero-order valence-corrected chi connectivity index (χ0v) is 33.7. The van der Waals surface area contributed by atoms with E-state index in [0.717, 1.165) is 44.2 Å². The van der Waals surface area contributed by atoms with Crippen LogP contribution in [0, 0.1) is 0 Å². The maximum atomic E-state index is 6.84. The smallest absolute Gasteiger partial charge is 0.164 e. The molecule has 4 nitrogen and oxygen atoms in total. The molecule has 0 radical (unpaired) electrons. The third-order valence-electron chi connectivity index (χ3n) is 13.1. The normalized spacial score (nSPS) is 11.5. The molecule has 2 aromatic heterocycles. The average molecular weight is 653 g/mol. The third kappa shape index (κ3) is 5.31. The Labute approximate surface area is 321 Å². The zero-order chi connectivity index (χ0) is 37.7. The van der Waals surface area contributed by atoms with E-state index in [1.54, 1.807) is 0 Å². The molecule has 234 valence electrons. The van der Waals surface area contributed by atoms with Crippen molar-refractivity contribution in [2.75, 3.05) is 0 Å². The molecule has 0 aliphatic heterocycles. The van der Waals surface area contributed by atoms with Gasteiger partial charge in [-0.25, -0.2) is 15.0 Å². The van der Waals surface area contributed by atoms with Crippen molar-refractivity contribution in [2.45, 2.75) is 0 Å². The van der Waals surface area contributed by atoms with Crippen LogP contribution in [0.4, 0.5) is 0 Å². The van der Waals surface area contributed by atoms with E-state index < -0.39 is 0 Å². The summed E-state index contributed by atoms with van der Waals surface area (Å²) in [5, 5.41) is 2.08. The van der Waals surface area contributed by atoms with Crippen molar-refractivity contribution in [3.8, 4) is 45.3 Å². The lowest BCUT2D eigenvalue weighted by atomic mass is 9.59. The molecule has 0 atom stereocenters. The molecular formula is C33H36B15N3O. The van der Waals surface area contributed by atoms with E-state index in [0.29, 0.717) is 17.5 Å². The van der Waals surface area contributed by atoms with Crippen molar-refractivity contribution in [1.29, 1.82) is 0 Å². The Balaban J connectivity index is 1.59. The summed E-state index contributed by atoms with van der Waals surface area (Å²) in [5.74, 6) is 2.06. The Morgan fingerprint density at radius 1 is 0.346 bits per heavy atom. The summed E-state index contributed by atoms with van der Waals surface area (Å²) in [7, 11) is 33.2. The Kier molecular flexibility index (Phi) is 9.12. The summed E-state index contributed by atoms with van der Waals surface area (Å²) in [6.07, 6.45) is 0. The summed E-state index contributed by atoms with van der Waals surface area (Å²) in [5.41, 5.74) is 26.4. The Morgan fingerprint density at radius 2 is 0.692 bits per heavy atom. The van der Waals surface area contributed by atoms with Crippen LogP contribution in [0.2, 0.25) is 0 Å². The number of para-hydroxylation sites is 1. The summed E-state index contributed by atoms with van der Waals surface area (Å²) in [6.45, 7) is 0. The predicted octanol–water partition coefficient (Wildman–Crippen LogP) is -17.7. The summed E-state index contributed by atoms with van der Waals surface area (Å²) in [4.78, 5) is 16.1. The van der Waals surface area contributed by atoms with Crippen molar-refractivity contribution in [3.63, 3.8) is 0 Å². The first-order chi connectivity index (χ1) is 24.6. The van der Waals surface area contributed by atoms with Crippen LogP contribution in [0.25, 0.3) is 67.2 Å². The van der Waals surface area contributed by atoms with Gasteiger partial charge in [0.05, 0.1) is 0 Å². The number of hydrogen-bond acceptors (Lipinski definition) is 4. The molecule has 7 rings (SSSR count). The van der Waals surface area contributed by atoms with Gasteiger partial charge >= 0.3 is 0 Å². The first-order valence-corrected chi connectivity index (χ1v) is 18.5. The fourth-order valence-electron chi connectivity index (χ4n) is 8.53. The predicted molar refractivity (Wildman–Crippen MR) is 272 cm³/mol. The number of hydrogen-bond donors (Lipinski definition) is 0. The van der Waals surface area contributed by atoms with Crippen molar-refractivity contribution in [2.24, 2.45) is 0 Å². The largest absolute Gasteiger partial charge is 0.455 e. The van der Waals surface area contributed by atoms with Gasteiger partial charge in [0.1, 0.15) is 129 Å². The zero-order valence-electron chi connectivity index (χ0n) is 33.7. The number of rotatable bonds is 4. The quantitative estimate of drug-likeness (QED) is 0.178. The van der Waals surface area contributed by atoms with Gasteiger partial charge in [-0.05, 0) is 11.6 Å². The monoisotopic (exact) mass is 655 g/mol. The van der Waals surface area contributed by atoms with E-state index in [2.05, 4.69) is 154 Å². The van der Waals surface area contributed by atoms with E-state index in [-0.39, 0.29) is 0 Å². The number of nitrogens with zero attached hydrogens (tertiary/aromatic N) is 3. The van der Waals surface area contributed by atoms with E-state index in [1.165, 1.54) is 87.5 Å². The molecule has 0 amide bonds. The van der Waals surface area contributed by atoms with E-state index in [4.69, 9.17) is 19.4 Å². The van der Waals surface area contributed by atoms with Crippen molar-refractivity contribution < 1.29 is 4.42 Å². The lowest BCUT2D eigenvalue weighted by Gasteiger charge is -2.22. The van der Waals surface area contributed by atoms with Gasteiger partial charge in [0.2, 0.25) is 0 Å². The number of fused-ring (bicyclic) bond motifs is 3. The van der Waals surface area contributed by atoms with Gasteiger partial charge in [0.25, 0.3) is 0 Å². The van der Waals surface area contributed by atoms with Crippen LogP contribution in [0.5, 0.6) is 0 Å². The van der Waals surface area contributed by atoms with E-state index in [1.807, 2.05) is 0 Å². The van der Waals surface area contributed by atoms with Crippen LogP contribution in [0.3, 0.4) is 0 Å². The molecule has 7 aromatic rings. The van der Waals surface area contributed by atoms with Crippen LogP contribution < -0.4 is 81.9 Å². The molecule has 0 bridgehead atoms. The summed E-state index contributed by atoms with van der Waals surface area (Å²) < 4.78 is 6.84. The second-order valence-corrected chi connectivity index (χ2v) is 15.3. The van der Waals surface area contributed by atoms with Crippen LogP contribution in [-0.2, 0) is 0 Å². The van der Waals surface area contributed by atoms with Crippen LogP contribution in [0.15, 0.2) is 40.8 Å². The van der Waals surface area contributed by atoms with Crippen LogP contribution in [0.1, 0.15) is 0 Å². The molecule has 0 aliphatic carbocycles. The highest BCUT2D eigenvalue weighted by atomic mass is 16.3. The molecule has 0 saturated carbocycles. The molecule has 0 aliphatic rings. The van der Waals surface area contributed by atoms with Gasteiger partial charge in [-0.1, -0.05) is 63.1 Å². The molecule has 0 fully saturated rings. The maximum absolute atomic E-state index is 6.84. The first-order valence-electron chi connectivity index (χ1n) is 18.5. The van der Waals surface area contributed by atoms with Gasteiger partial charge in [-0.2, -0.15) is 0 Å². The van der Waals surface area contributed by atoms with Crippen molar-refractivity contribution >= 4 is 222 Å². The molecular weight excluding hydrogens is 617 g/mol. The first kappa shape index (κ1) is 36.3. The molecule has 0 saturated heterocycles. The van der Waals surface area contributed by atoms with Crippen molar-refractivity contribution in [3.05, 3.63) is 36.4 Å². The fraction of sp³-hybridized carbons (Fsp3) is 0. The molecule has 52 heavy (non-hydrogen) atoms. The Hall–Kier alpha value is -4.12. The summed E-state index contributed by atoms with van der Waals surface area (Å²) in [6, 6.07) is 12.8. The highest BCUT2D eigenvalue weighted by molar-refractivity contribution is 6.71. The van der Waals surface area contributed by atoms with Gasteiger partial charge in [-0.3, -0.25) is 0 Å². The van der Waals surface area contributed by atoms with Gasteiger partial charge in [-0.15, -0.1) is 49.2 Å². The Morgan fingerprint density at radius 3 is 1.13 bits per heavy atom. The second kappa shape index (κ2) is 13.1. The molecule has 0 spiro atoms. The van der Waals surface area contributed by atoms with Crippen LogP contribution >= 0.6 is 0 Å².